The van der Waals surface area contributed by atoms with Crippen molar-refractivity contribution in [2.24, 2.45) is 0 Å². The van der Waals surface area contributed by atoms with E-state index in [1.54, 1.807) is 0 Å². The van der Waals surface area contributed by atoms with Crippen LogP contribution in [0, 0.1) is 26.0 Å². The molecule has 0 spiro atoms. The summed E-state index contributed by atoms with van der Waals surface area (Å²) in [7, 11) is 9.78. The SMILES string of the molecule is Cc1[c-]cccc1.Cc1[c-]cccc1.[Cl][Ti][Cl]. The molecular formula is C14H14Cl2Ti-2. The first-order valence-corrected chi connectivity index (χ1v) is 9.33. The third kappa shape index (κ3) is 12.0. The second kappa shape index (κ2) is 12.2. The van der Waals surface area contributed by atoms with Crippen LogP contribution in [0.1, 0.15) is 11.1 Å². The average molecular weight is 301 g/mol. The molecule has 0 fully saturated rings. The van der Waals surface area contributed by atoms with Crippen LogP contribution in [0.4, 0.5) is 0 Å². The van der Waals surface area contributed by atoms with Gasteiger partial charge >= 0.3 is 35.6 Å². The molecule has 0 heterocycles. The van der Waals surface area contributed by atoms with Gasteiger partial charge in [0, 0.05) is 0 Å². The van der Waals surface area contributed by atoms with Crippen LogP contribution in [0.15, 0.2) is 48.5 Å². The van der Waals surface area contributed by atoms with Crippen molar-refractivity contribution in [2.75, 3.05) is 0 Å². The molecule has 0 nitrogen and oxygen atoms in total. The number of hydrogen-bond acceptors (Lipinski definition) is 0. The molecule has 0 N–H and O–H groups in total. The van der Waals surface area contributed by atoms with E-state index in [0.717, 1.165) is 0 Å². The number of benzene rings is 2. The van der Waals surface area contributed by atoms with Crippen LogP contribution in [0.2, 0.25) is 0 Å². The molecule has 0 unspecified atom stereocenters. The Morgan fingerprint density at radius 2 is 1.18 bits per heavy atom. The standard InChI is InChI=1S/2C7H7.2ClH.Ti/c2*1-7-5-3-2-4-6-7;;;/h2*2-5H,1H3;2*1H;/q2*-1;;;+2/p-2. The molecule has 0 bridgehead atoms. The Bertz CT molecular complexity index is 325. The normalized spacial score (nSPS) is 8.00. The summed E-state index contributed by atoms with van der Waals surface area (Å²) in [6.07, 6.45) is 0. The summed E-state index contributed by atoms with van der Waals surface area (Å²) in [6, 6.07) is 21.9. The van der Waals surface area contributed by atoms with Crippen LogP contribution in [0.3, 0.4) is 0 Å². The summed E-state index contributed by atoms with van der Waals surface area (Å²) in [4.78, 5) is 0. The minimum absolute atomic E-state index is 0.556. The third-order valence-electron chi connectivity index (χ3n) is 1.73. The molecule has 3 heteroatoms. The zero-order chi connectivity index (χ0) is 12.9. The summed E-state index contributed by atoms with van der Waals surface area (Å²) < 4.78 is 0. The summed E-state index contributed by atoms with van der Waals surface area (Å²) >= 11 is -0.556. The Labute approximate surface area is 121 Å². The summed E-state index contributed by atoms with van der Waals surface area (Å²) in [6.45, 7) is 4.06. The van der Waals surface area contributed by atoms with E-state index in [1.807, 2.05) is 62.4 Å². The van der Waals surface area contributed by atoms with E-state index >= 15 is 0 Å². The van der Waals surface area contributed by atoms with Gasteiger partial charge in [0.2, 0.25) is 0 Å². The minimum atomic E-state index is -0.556. The van der Waals surface area contributed by atoms with E-state index in [9.17, 15) is 0 Å². The van der Waals surface area contributed by atoms with Crippen LogP contribution < -0.4 is 0 Å². The summed E-state index contributed by atoms with van der Waals surface area (Å²) in [5.74, 6) is 0. The van der Waals surface area contributed by atoms with Crippen LogP contribution in [0.5, 0.6) is 0 Å². The van der Waals surface area contributed by atoms with Gasteiger partial charge in [0.25, 0.3) is 0 Å². The predicted molar refractivity (Wildman–Crippen MR) is 71.7 cm³/mol. The second-order valence-corrected chi connectivity index (χ2v) is 5.74. The van der Waals surface area contributed by atoms with E-state index in [0.29, 0.717) is 0 Å². The molecule has 2 aromatic rings. The van der Waals surface area contributed by atoms with Crippen molar-refractivity contribution in [3.05, 3.63) is 71.8 Å². The van der Waals surface area contributed by atoms with Crippen LogP contribution in [0.25, 0.3) is 0 Å². The van der Waals surface area contributed by atoms with Gasteiger partial charge in [-0.05, 0) is 0 Å². The van der Waals surface area contributed by atoms with Gasteiger partial charge in [0.15, 0.2) is 0 Å². The molecule has 0 amide bonds. The zero-order valence-corrected chi connectivity index (χ0v) is 12.9. The molecule has 0 radical (unpaired) electrons. The van der Waals surface area contributed by atoms with Gasteiger partial charge in [-0.25, -0.2) is 0 Å². The van der Waals surface area contributed by atoms with Crippen LogP contribution in [-0.4, -0.2) is 0 Å². The number of rotatable bonds is 0. The first kappa shape index (κ1) is 16.7. The molecule has 2 aromatic carbocycles. The van der Waals surface area contributed by atoms with Crippen molar-refractivity contribution in [1.82, 2.24) is 0 Å². The molecule has 0 saturated carbocycles. The van der Waals surface area contributed by atoms with Crippen molar-refractivity contribution in [2.45, 2.75) is 13.8 Å². The fourth-order valence-electron chi connectivity index (χ4n) is 0.966. The van der Waals surface area contributed by atoms with Crippen molar-refractivity contribution in [1.29, 1.82) is 0 Å². The second-order valence-electron chi connectivity index (χ2n) is 3.16. The van der Waals surface area contributed by atoms with E-state index in [-0.39, 0.29) is 0 Å². The van der Waals surface area contributed by atoms with Gasteiger partial charge in [-0.1, -0.05) is 13.8 Å². The number of hydrogen-bond donors (Lipinski definition) is 0. The maximum atomic E-state index is 4.89. The van der Waals surface area contributed by atoms with Crippen molar-refractivity contribution in [3.63, 3.8) is 0 Å². The molecule has 0 aliphatic heterocycles. The first-order valence-electron chi connectivity index (χ1n) is 5.03. The number of halogens is 2. The van der Waals surface area contributed by atoms with Crippen molar-refractivity contribution < 1.29 is 17.0 Å². The van der Waals surface area contributed by atoms with Crippen molar-refractivity contribution in [3.8, 4) is 0 Å². The Balaban J connectivity index is 0.000000247. The predicted octanol–water partition coefficient (Wildman–Crippen LogP) is 4.97. The molecule has 0 aromatic heterocycles. The van der Waals surface area contributed by atoms with E-state index < -0.39 is 17.0 Å². The quantitative estimate of drug-likeness (QED) is 0.476. The van der Waals surface area contributed by atoms with Gasteiger partial charge in [0.05, 0.1) is 0 Å². The first-order chi connectivity index (χ1) is 8.20. The van der Waals surface area contributed by atoms with Crippen LogP contribution >= 0.6 is 18.6 Å². The fourth-order valence-corrected chi connectivity index (χ4v) is 0.966. The topological polar surface area (TPSA) is 0 Å². The molecule has 17 heavy (non-hydrogen) atoms. The Morgan fingerprint density at radius 1 is 0.824 bits per heavy atom. The molecule has 0 saturated heterocycles. The van der Waals surface area contributed by atoms with Gasteiger partial charge in [-0.2, -0.15) is 71.8 Å². The Kier molecular flexibility index (Phi) is 12.0. The molecule has 90 valence electrons. The monoisotopic (exact) mass is 300 g/mol. The number of aryl methyl sites for hydroxylation is 2. The molecule has 0 aliphatic carbocycles. The Hall–Kier alpha value is -0.266. The maximum absolute atomic E-state index is 4.89. The molecular weight excluding hydrogens is 287 g/mol. The molecule has 0 atom stereocenters. The van der Waals surface area contributed by atoms with Gasteiger partial charge in [0.1, 0.15) is 0 Å². The molecule has 2 rings (SSSR count). The zero-order valence-electron chi connectivity index (χ0n) is 9.87. The van der Waals surface area contributed by atoms with Gasteiger partial charge in [-0.15, -0.1) is 0 Å². The van der Waals surface area contributed by atoms with E-state index in [1.165, 1.54) is 11.1 Å². The Morgan fingerprint density at radius 3 is 1.29 bits per heavy atom. The third-order valence-corrected chi connectivity index (χ3v) is 1.73. The fraction of sp³-hybridized carbons (Fsp3) is 0.143. The summed E-state index contributed by atoms with van der Waals surface area (Å²) in [5, 5.41) is 0. The van der Waals surface area contributed by atoms with E-state index in [2.05, 4.69) is 12.1 Å². The van der Waals surface area contributed by atoms with Gasteiger partial charge < -0.3 is 0 Å². The van der Waals surface area contributed by atoms with Gasteiger partial charge in [-0.3, -0.25) is 0 Å². The molecule has 0 aliphatic rings. The van der Waals surface area contributed by atoms with E-state index in [4.69, 9.17) is 18.6 Å². The average Bonchev–Trinajstić information content (AvgIpc) is 2.33. The summed E-state index contributed by atoms with van der Waals surface area (Å²) in [5.41, 5.74) is 2.39. The van der Waals surface area contributed by atoms with Crippen molar-refractivity contribution >= 4 is 18.6 Å². The van der Waals surface area contributed by atoms with Crippen LogP contribution in [-0.2, 0) is 17.0 Å².